The molecule has 3 N–H and O–H groups in total. The molecule has 0 atom stereocenters. The number of imidazole rings is 1. The molecule has 1 aromatic rings. The van der Waals surface area contributed by atoms with Gasteiger partial charge in [-0.05, 0) is 19.3 Å². The molecule has 0 radical (unpaired) electrons. The van der Waals surface area contributed by atoms with Crippen LogP contribution in [0.25, 0.3) is 0 Å². The Morgan fingerprint density at radius 1 is 1.62 bits per heavy atom. The molecular weight excluding hydrogens is 204 g/mol. The Labute approximate surface area is 95.0 Å². The Bertz CT molecular complexity index is 357. The van der Waals surface area contributed by atoms with Gasteiger partial charge in [0.15, 0.2) is 0 Å². The van der Waals surface area contributed by atoms with E-state index in [4.69, 9.17) is 5.73 Å². The zero-order valence-corrected chi connectivity index (χ0v) is 9.35. The van der Waals surface area contributed by atoms with Crippen molar-refractivity contribution in [2.24, 2.45) is 5.73 Å². The van der Waals surface area contributed by atoms with Gasteiger partial charge in [-0.2, -0.15) is 0 Å². The predicted octanol–water partition coefficient (Wildman–Crippen LogP) is 0.401. The number of amides is 1. The van der Waals surface area contributed by atoms with Crippen LogP contribution in [-0.4, -0.2) is 21.5 Å². The molecule has 1 amide bonds. The van der Waals surface area contributed by atoms with E-state index < -0.39 is 0 Å². The zero-order valence-electron chi connectivity index (χ0n) is 9.35. The van der Waals surface area contributed by atoms with Gasteiger partial charge in [-0.1, -0.05) is 0 Å². The minimum Gasteiger partial charge on any atom is -0.370 e. The molecule has 5 nitrogen and oxygen atoms in total. The number of hydrogen-bond donors (Lipinski definition) is 2. The van der Waals surface area contributed by atoms with Crippen molar-refractivity contribution in [3.63, 3.8) is 0 Å². The molecule has 88 valence electrons. The van der Waals surface area contributed by atoms with E-state index in [1.165, 1.54) is 18.5 Å². The zero-order chi connectivity index (χ0) is 11.4. The van der Waals surface area contributed by atoms with Crippen molar-refractivity contribution in [2.75, 3.05) is 0 Å². The molecule has 0 saturated heterocycles. The summed E-state index contributed by atoms with van der Waals surface area (Å²) in [5, 5.41) is 3.45. The van der Waals surface area contributed by atoms with Crippen LogP contribution in [-0.2, 0) is 17.9 Å². The summed E-state index contributed by atoms with van der Waals surface area (Å²) in [5.74, 6) is -0.238. The highest BCUT2D eigenvalue weighted by atomic mass is 16.1. The summed E-state index contributed by atoms with van der Waals surface area (Å²) in [5.41, 5.74) is 6.28. The highest BCUT2D eigenvalue weighted by molar-refractivity contribution is 5.73. The van der Waals surface area contributed by atoms with Gasteiger partial charge in [-0.3, -0.25) is 4.79 Å². The lowest BCUT2D eigenvalue weighted by Gasteiger charge is -2.07. The van der Waals surface area contributed by atoms with E-state index in [2.05, 4.69) is 14.9 Å². The second-order valence-corrected chi connectivity index (χ2v) is 4.30. The molecule has 16 heavy (non-hydrogen) atoms. The fraction of sp³-hybridized carbons (Fsp3) is 0.636. The van der Waals surface area contributed by atoms with Crippen LogP contribution < -0.4 is 11.1 Å². The molecular formula is C11H18N4O. The molecule has 0 unspecified atom stereocenters. The van der Waals surface area contributed by atoms with Crippen LogP contribution in [0.3, 0.4) is 0 Å². The molecule has 1 heterocycles. The van der Waals surface area contributed by atoms with Gasteiger partial charge < -0.3 is 15.6 Å². The number of aryl methyl sites for hydroxylation is 1. The summed E-state index contributed by atoms with van der Waals surface area (Å²) < 4.78 is 2.08. The number of nitrogens with zero attached hydrogens (tertiary/aromatic N) is 2. The number of nitrogens with two attached hydrogens (primary N) is 1. The minimum atomic E-state index is -0.238. The van der Waals surface area contributed by atoms with Crippen molar-refractivity contribution < 1.29 is 4.79 Å². The van der Waals surface area contributed by atoms with Crippen molar-refractivity contribution in [1.29, 1.82) is 0 Å². The third-order valence-electron chi connectivity index (χ3n) is 2.77. The van der Waals surface area contributed by atoms with E-state index in [9.17, 15) is 4.79 Å². The molecule has 5 heteroatoms. The van der Waals surface area contributed by atoms with Crippen molar-refractivity contribution in [1.82, 2.24) is 14.9 Å². The lowest BCUT2D eigenvalue weighted by atomic mass is 10.3. The van der Waals surface area contributed by atoms with Crippen LogP contribution >= 0.6 is 0 Å². The number of rotatable bonds is 7. The summed E-state index contributed by atoms with van der Waals surface area (Å²) in [7, 11) is 0. The van der Waals surface area contributed by atoms with Gasteiger partial charge in [0.2, 0.25) is 5.91 Å². The average molecular weight is 222 g/mol. The van der Waals surface area contributed by atoms with Crippen LogP contribution in [0.1, 0.15) is 31.4 Å². The lowest BCUT2D eigenvalue weighted by molar-refractivity contribution is -0.118. The number of carbonyl (C=O) groups excluding carboxylic acids is 1. The second-order valence-electron chi connectivity index (χ2n) is 4.30. The number of nitrogens with one attached hydrogen (secondary N) is 1. The maximum atomic E-state index is 10.6. The number of hydrogen-bond acceptors (Lipinski definition) is 3. The van der Waals surface area contributed by atoms with Crippen molar-refractivity contribution in [3.05, 3.63) is 18.2 Å². The molecule has 0 spiro atoms. The van der Waals surface area contributed by atoms with Crippen LogP contribution in [0.15, 0.2) is 12.5 Å². The number of aromatic nitrogens is 2. The van der Waals surface area contributed by atoms with Gasteiger partial charge >= 0.3 is 0 Å². The number of primary amides is 1. The van der Waals surface area contributed by atoms with Crippen LogP contribution in [0, 0.1) is 0 Å². The highest BCUT2D eigenvalue weighted by Gasteiger charge is 2.20. The van der Waals surface area contributed by atoms with Gasteiger partial charge in [-0.15, -0.1) is 0 Å². The third kappa shape index (κ3) is 3.34. The topological polar surface area (TPSA) is 72.9 Å². The Morgan fingerprint density at radius 3 is 3.12 bits per heavy atom. The largest absolute Gasteiger partial charge is 0.370 e. The first-order chi connectivity index (χ1) is 7.75. The Hall–Kier alpha value is -1.36. The summed E-state index contributed by atoms with van der Waals surface area (Å²) in [6.07, 6.45) is 7.48. The summed E-state index contributed by atoms with van der Waals surface area (Å²) in [4.78, 5) is 14.7. The van der Waals surface area contributed by atoms with E-state index in [1.54, 1.807) is 0 Å². The van der Waals surface area contributed by atoms with E-state index >= 15 is 0 Å². The summed E-state index contributed by atoms with van der Waals surface area (Å²) >= 11 is 0. The first-order valence-electron chi connectivity index (χ1n) is 5.76. The molecule has 1 aliphatic carbocycles. The first-order valence-corrected chi connectivity index (χ1v) is 5.76. The molecule has 0 aliphatic heterocycles. The standard InChI is InChI=1S/C11H18N4O/c12-11(16)2-1-5-15-8-13-6-10(15)7-14-9-3-4-9/h6,8-9,14H,1-5,7H2,(H2,12,16). The minimum absolute atomic E-state index is 0.238. The Kier molecular flexibility index (Phi) is 3.56. The van der Waals surface area contributed by atoms with Crippen LogP contribution in [0.2, 0.25) is 0 Å². The van der Waals surface area contributed by atoms with E-state index in [0.717, 1.165) is 19.5 Å². The molecule has 1 aliphatic rings. The van der Waals surface area contributed by atoms with Crippen LogP contribution in [0.4, 0.5) is 0 Å². The lowest BCUT2D eigenvalue weighted by Crippen LogP contribution is -2.18. The predicted molar refractivity (Wildman–Crippen MR) is 60.5 cm³/mol. The molecule has 1 aromatic heterocycles. The first kappa shape index (κ1) is 11.1. The molecule has 2 rings (SSSR count). The maximum Gasteiger partial charge on any atom is 0.217 e. The summed E-state index contributed by atoms with van der Waals surface area (Å²) in [6, 6.07) is 0.703. The number of carbonyl (C=O) groups is 1. The fourth-order valence-electron chi connectivity index (χ4n) is 1.66. The Balaban J connectivity index is 1.78. The SMILES string of the molecule is NC(=O)CCCn1cncc1CNC1CC1. The van der Waals surface area contributed by atoms with Crippen LogP contribution in [0.5, 0.6) is 0 Å². The van der Waals surface area contributed by atoms with Gasteiger partial charge in [0, 0.05) is 31.7 Å². The molecule has 1 saturated carbocycles. The normalized spacial score (nSPS) is 15.2. The average Bonchev–Trinajstić information content (AvgIpc) is 2.96. The van der Waals surface area contributed by atoms with Gasteiger partial charge in [0.25, 0.3) is 0 Å². The molecule has 0 bridgehead atoms. The smallest absolute Gasteiger partial charge is 0.217 e. The molecule has 1 fully saturated rings. The monoisotopic (exact) mass is 222 g/mol. The summed E-state index contributed by atoms with van der Waals surface area (Å²) in [6.45, 7) is 1.67. The highest BCUT2D eigenvalue weighted by Crippen LogP contribution is 2.19. The van der Waals surface area contributed by atoms with Crippen molar-refractivity contribution in [3.8, 4) is 0 Å². The third-order valence-corrected chi connectivity index (χ3v) is 2.77. The van der Waals surface area contributed by atoms with Crippen molar-refractivity contribution in [2.45, 2.75) is 44.8 Å². The Morgan fingerprint density at radius 2 is 2.44 bits per heavy atom. The van der Waals surface area contributed by atoms with E-state index in [0.29, 0.717) is 12.5 Å². The second kappa shape index (κ2) is 5.12. The van der Waals surface area contributed by atoms with Crippen molar-refractivity contribution >= 4 is 5.91 Å². The fourth-order valence-corrected chi connectivity index (χ4v) is 1.66. The van der Waals surface area contributed by atoms with Gasteiger partial charge in [-0.25, -0.2) is 4.98 Å². The molecule has 0 aromatic carbocycles. The van der Waals surface area contributed by atoms with Gasteiger partial charge in [0.05, 0.1) is 12.0 Å². The van der Waals surface area contributed by atoms with E-state index in [1.807, 2.05) is 12.5 Å². The van der Waals surface area contributed by atoms with E-state index in [-0.39, 0.29) is 5.91 Å². The maximum absolute atomic E-state index is 10.6. The van der Waals surface area contributed by atoms with Gasteiger partial charge in [0.1, 0.15) is 0 Å². The quantitative estimate of drug-likeness (QED) is 0.701.